The lowest BCUT2D eigenvalue weighted by molar-refractivity contribution is -0.0661. The summed E-state index contributed by atoms with van der Waals surface area (Å²) in [5, 5.41) is 11.1. The highest BCUT2D eigenvalue weighted by atomic mass is 28.4. The minimum absolute atomic E-state index is 0.141. The molecule has 0 amide bonds. The number of aliphatic hydroxyl groups excluding tert-OH is 1. The van der Waals surface area contributed by atoms with E-state index in [1.165, 1.54) is 23.3 Å². The van der Waals surface area contributed by atoms with Crippen molar-refractivity contribution in [3.63, 3.8) is 0 Å². The van der Waals surface area contributed by atoms with E-state index >= 15 is 4.39 Å². The Bertz CT molecular complexity index is 1230. The number of aliphatic hydroxyl groups is 1. The van der Waals surface area contributed by atoms with Gasteiger partial charge >= 0.3 is 6.16 Å². The summed E-state index contributed by atoms with van der Waals surface area (Å²) in [6, 6.07) is 0. The Morgan fingerprint density at radius 1 is 0.940 bits per heavy atom. The van der Waals surface area contributed by atoms with Crippen LogP contribution in [0.3, 0.4) is 0 Å². The van der Waals surface area contributed by atoms with Crippen molar-refractivity contribution in [2.75, 3.05) is 6.61 Å². The zero-order valence-electron chi connectivity index (χ0n) is 34.4. The Morgan fingerprint density at radius 2 is 1.48 bits per heavy atom. The number of halogens is 1. The van der Waals surface area contributed by atoms with Crippen LogP contribution in [-0.2, 0) is 18.3 Å². The van der Waals surface area contributed by atoms with Crippen molar-refractivity contribution in [2.24, 2.45) is 17.3 Å². The molecule has 3 rings (SSSR count). The smallest absolute Gasteiger partial charge is 0.435 e. The van der Waals surface area contributed by atoms with Crippen molar-refractivity contribution in [2.45, 2.75) is 193 Å². The minimum Gasteiger partial charge on any atom is -0.435 e. The maximum Gasteiger partial charge on any atom is 0.508 e. The topological polar surface area (TPSA) is 74.2 Å². The van der Waals surface area contributed by atoms with Gasteiger partial charge in [0.25, 0.3) is 0 Å². The molecule has 3 aliphatic rings. The SMILES string of the molecule is CCOC(=O)OC(C)(C)[C@@H](O)/C=C/[C@@](C)(F)[C@H]1CC[C@H]2/C(=C/C=C3C[C@@H](O[Si](C)(C)C(C)(C)C)C[C@H](O[Si](C)(C)C(C)(C)C)C3)CCC[C@@]21C. The van der Waals surface area contributed by atoms with E-state index < -0.39 is 40.2 Å². The number of rotatable bonds is 11. The molecular formula is C41H73FO6Si2. The highest BCUT2D eigenvalue weighted by Gasteiger charge is 2.55. The summed E-state index contributed by atoms with van der Waals surface area (Å²) in [7, 11) is -3.92. The first-order valence-electron chi connectivity index (χ1n) is 19.3. The fourth-order valence-corrected chi connectivity index (χ4v) is 10.8. The Kier molecular flexibility index (Phi) is 13.5. The van der Waals surface area contributed by atoms with Crippen LogP contribution in [0.15, 0.2) is 35.5 Å². The van der Waals surface area contributed by atoms with Crippen LogP contribution in [0.5, 0.6) is 0 Å². The monoisotopic (exact) mass is 736 g/mol. The van der Waals surface area contributed by atoms with Crippen molar-refractivity contribution in [3.05, 3.63) is 35.5 Å². The van der Waals surface area contributed by atoms with Crippen molar-refractivity contribution >= 4 is 22.8 Å². The molecule has 9 heteroatoms. The van der Waals surface area contributed by atoms with Gasteiger partial charge in [0.1, 0.15) is 17.4 Å². The molecule has 0 aromatic carbocycles. The number of allylic oxidation sites excluding steroid dienone is 4. The van der Waals surface area contributed by atoms with Crippen LogP contribution in [0.1, 0.15) is 128 Å². The van der Waals surface area contributed by atoms with Gasteiger partial charge in [-0.2, -0.15) is 0 Å². The number of hydrogen-bond donors (Lipinski definition) is 1. The van der Waals surface area contributed by atoms with Crippen LogP contribution in [0, 0.1) is 17.3 Å². The largest absolute Gasteiger partial charge is 0.508 e. The van der Waals surface area contributed by atoms with Gasteiger partial charge in [0.05, 0.1) is 18.8 Å². The molecule has 6 nitrogen and oxygen atoms in total. The van der Waals surface area contributed by atoms with Crippen LogP contribution in [0.2, 0.25) is 36.3 Å². The van der Waals surface area contributed by atoms with Gasteiger partial charge in [-0.25, -0.2) is 9.18 Å². The van der Waals surface area contributed by atoms with Crippen molar-refractivity contribution in [3.8, 4) is 0 Å². The number of hydrogen-bond acceptors (Lipinski definition) is 6. The molecule has 0 saturated heterocycles. The summed E-state index contributed by atoms with van der Waals surface area (Å²) in [6.07, 6.45) is 13.6. The van der Waals surface area contributed by atoms with Crippen LogP contribution < -0.4 is 0 Å². The fourth-order valence-electron chi connectivity index (χ4n) is 8.07. The molecule has 0 heterocycles. The summed E-state index contributed by atoms with van der Waals surface area (Å²) in [6.45, 7) is 32.2. The van der Waals surface area contributed by atoms with Gasteiger partial charge in [0, 0.05) is 5.92 Å². The molecule has 3 fully saturated rings. The Hall–Kier alpha value is -1.27. The summed E-state index contributed by atoms with van der Waals surface area (Å²) in [5.41, 5.74) is -0.230. The molecule has 3 saturated carbocycles. The number of alkyl halides is 1. The van der Waals surface area contributed by atoms with Crippen LogP contribution in [0.25, 0.3) is 0 Å². The highest BCUT2D eigenvalue weighted by Crippen LogP contribution is 2.61. The van der Waals surface area contributed by atoms with E-state index in [2.05, 4.69) is 86.8 Å². The van der Waals surface area contributed by atoms with Crippen LogP contribution in [-0.4, -0.2) is 64.1 Å². The molecule has 3 aliphatic carbocycles. The van der Waals surface area contributed by atoms with Gasteiger partial charge in [-0.3, -0.25) is 0 Å². The van der Waals surface area contributed by atoms with Crippen LogP contribution in [0.4, 0.5) is 9.18 Å². The van der Waals surface area contributed by atoms with E-state index in [0.29, 0.717) is 5.92 Å². The summed E-state index contributed by atoms with van der Waals surface area (Å²) >= 11 is 0. The number of carbonyl (C=O) groups is 1. The van der Waals surface area contributed by atoms with Gasteiger partial charge in [-0.05, 0) is 133 Å². The Balaban J connectivity index is 1.84. The second-order valence-electron chi connectivity index (χ2n) is 19.6. The molecule has 50 heavy (non-hydrogen) atoms. The lowest BCUT2D eigenvalue weighted by Gasteiger charge is -2.46. The highest BCUT2D eigenvalue weighted by molar-refractivity contribution is 6.74. The minimum atomic E-state index is -1.96. The molecular weight excluding hydrogens is 664 g/mol. The average Bonchev–Trinajstić information content (AvgIpc) is 3.31. The second-order valence-corrected chi connectivity index (χ2v) is 29.1. The average molecular weight is 737 g/mol. The predicted octanol–water partition coefficient (Wildman–Crippen LogP) is 11.6. The van der Waals surface area contributed by atoms with E-state index in [0.717, 1.165) is 51.4 Å². The fraction of sp³-hybridized carbons (Fsp3) is 0.829. The van der Waals surface area contributed by atoms with Gasteiger partial charge in [0.2, 0.25) is 0 Å². The normalized spacial score (nSPS) is 29.9. The number of fused-ring (bicyclic) bond motifs is 1. The quantitative estimate of drug-likeness (QED) is 0.129. The number of carbonyl (C=O) groups excluding carboxylic acids is 1. The zero-order chi connectivity index (χ0) is 38.1. The first-order chi connectivity index (χ1) is 22.6. The molecule has 0 spiro atoms. The second kappa shape index (κ2) is 15.6. The predicted molar refractivity (Wildman–Crippen MR) is 209 cm³/mol. The Morgan fingerprint density at radius 3 is 1.98 bits per heavy atom. The van der Waals surface area contributed by atoms with Gasteiger partial charge < -0.3 is 23.4 Å². The maximum atomic E-state index is 16.7. The summed E-state index contributed by atoms with van der Waals surface area (Å²) in [4.78, 5) is 11.9. The molecule has 7 atom stereocenters. The van der Waals surface area contributed by atoms with Gasteiger partial charge in [0.15, 0.2) is 16.6 Å². The zero-order valence-corrected chi connectivity index (χ0v) is 36.4. The molecule has 1 N–H and O–H groups in total. The molecule has 0 unspecified atom stereocenters. The molecule has 0 bridgehead atoms. The third-order valence-electron chi connectivity index (χ3n) is 13.1. The molecule has 0 radical (unpaired) electrons. The third-order valence-corrected chi connectivity index (χ3v) is 22.2. The van der Waals surface area contributed by atoms with Crippen LogP contribution >= 0.6 is 0 Å². The first-order valence-corrected chi connectivity index (χ1v) is 25.1. The van der Waals surface area contributed by atoms with Crippen molar-refractivity contribution in [1.82, 2.24) is 0 Å². The summed E-state index contributed by atoms with van der Waals surface area (Å²) < 4.78 is 41.0. The molecule has 0 aromatic heterocycles. The van der Waals surface area contributed by atoms with E-state index in [-0.39, 0.29) is 40.2 Å². The summed E-state index contributed by atoms with van der Waals surface area (Å²) in [5.74, 6) is 0.130. The van der Waals surface area contributed by atoms with E-state index in [4.69, 9.17) is 18.3 Å². The van der Waals surface area contributed by atoms with Gasteiger partial charge in [-0.15, -0.1) is 0 Å². The maximum absolute atomic E-state index is 16.7. The molecule has 0 aromatic rings. The number of ether oxygens (including phenoxy) is 2. The lowest BCUT2D eigenvalue weighted by Crippen LogP contribution is -2.48. The van der Waals surface area contributed by atoms with E-state index in [1.807, 2.05) is 0 Å². The standard InChI is InChI=1S/C41H73FO6Si2/c1-16-45-36(44)46-39(8,9)35(43)23-25-41(11,42)34-22-21-33-30(18-17-24-40(33,34)10)20-19-29-26-31(47-49(12,13)37(2,3)4)28-32(27-29)48-50(14,15)38(5,6)7/h19-20,23,25,31-35,43H,16-18,21-22,24,26-28H2,1-15H3/b25-23+,30-20+/t31-,32-,33+,34+,35+,40+,41-/m1/s1. The Labute approximate surface area is 307 Å². The van der Waals surface area contributed by atoms with Crippen molar-refractivity contribution < 1.29 is 32.6 Å². The van der Waals surface area contributed by atoms with Gasteiger partial charge in [-0.1, -0.05) is 77.8 Å². The van der Waals surface area contributed by atoms with Crippen molar-refractivity contribution in [1.29, 1.82) is 0 Å². The third kappa shape index (κ3) is 10.2. The first kappa shape index (κ1) is 43.1. The molecule has 0 aliphatic heterocycles. The van der Waals surface area contributed by atoms with E-state index in [1.54, 1.807) is 27.7 Å². The molecule has 288 valence electrons. The lowest BCUT2D eigenvalue weighted by atomic mass is 9.60. The van der Waals surface area contributed by atoms with E-state index in [9.17, 15) is 9.90 Å².